The lowest BCUT2D eigenvalue weighted by Gasteiger charge is -2.08. The van der Waals surface area contributed by atoms with Gasteiger partial charge in [-0.15, -0.1) is 0 Å². The van der Waals surface area contributed by atoms with Gasteiger partial charge < -0.3 is 15.4 Å². The molecule has 1 amide bonds. The van der Waals surface area contributed by atoms with E-state index in [1.807, 2.05) is 0 Å². The lowest BCUT2D eigenvalue weighted by molar-refractivity contribution is 0.0696. The molecule has 178 valence electrons. The van der Waals surface area contributed by atoms with Gasteiger partial charge in [0.2, 0.25) is 0 Å². The van der Waals surface area contributed by atoms with Crippen LogP contribution in [0.2, 0.25) is 0 Å². The Labute approximate surface area is 199 Å². The van der Waals surface area contributed by atoms with Gasteiger partial charge in [-0.2, -0.15) is 8.42 Å². The molecule has 0 saturated heterocycles. The number of hydrogen-bond acceptors (Lipinski definition) is 5. The molecule has 0 bridgehead atoms. The highest BCUT2D eigenvalue weighted by molar-refractivity contribution is 7.85. The van der Waals surface area contributed by atoms with Gasteiger partial charge in [0.05, 0.1) is 10.5 Å². The van der Waals surface area contributed by atoms with Crippen LogP contribution in [0.15, 0.2) is 82.6 Å². The molecule has 0 atom stereocenters. The number of aromatic nitrogens is 1. The molecule has 0 unspecified atom stereocenters. The fraction of sp³-hybridized carbons (Fsp3) is 0.0800. The van der Waals surface area contributed by atoms with E-state index in [4.69, 9.17) is 9.66 Å². The van der Waals surface area contributed by atoms with Crippen LogP contribution in [0, 0.1) is 0 Å². The number of carbonyl (C=O) groups is 2. The Hall–Kier alpha value is -4.28. The van der Waals surface area contributed by atoms with Crippen LogP contribution < -0.4 is 10.7 Å². The first kappa shape index (κ1) is 23.9. The zero-order valence-corrected chi connectivity index (χ0v) is 19.0. The van der Waals surface area contributed by atoms with E-state index in [9.17, 15) is 22.8 Å². The van der Waals surface area contributed by atoms with Gasteiger partial charge in [0.15, 0.2) is 5.43 Å². The van der Waals surface area contributed by atoms with Gasteiger partial charge in [-0.05, 0) is 53.6 Å². The minimum absolute atomic E-state index is 0.116. The van der Waals surface area contributed by atoms with Crippen molar-refractivity contribution in [2.45, 2.75) is 17.9 Å². The molecule has 0 saturated carbocycles. The zero-order chi connectivity index (χ0) is 25.2. The molecule has 0 aliphatic carbocycles. The van der Waals surface area contributed by atoms with E-state index in [0.29, 0.717) is 28.5 Å². The van der Waals surface area contributed by atoms with E-state index in [1.54, 1.807) is 30.5 Å². The van der Waals surface area contributed by atoms with E-state index in [2.05, 4.69) is 10.3 Å². The summed E-state index contributed by atoms with van der Waals surface area (Å²) in [5.74, 6) is -1.44. The largest absolute Gasteiger partial charge is 0.478 e. The number of carboxylic acid groups (broad SMARTS) is 1. The van der Waals surface area contributed by atoms with Crippen molar-refractivity contribution in [2.75, 3.05) is 0 Å². The van der Waals surface area contributed by atoms with Crippen LogP contribution in [0.5, 0.6) is 0 Å². The predicted molar refractivity (Wildman–Crippen MR) is 128 cm³/mol. The molecular weight excluding hydrogens is 472 g/mol. The molecule has 4 N–H and O–H groups in total. The summed E-state index contributed by atoms with van der Waals surface area (Å²) in [6.07, 6.45) is 1.90. The Kier molecular flexibility index (Phi) is 6.50. The lowest BCUT2D eigenvalue weighted by Crippen LogP contribution is -2.23. The van der Waals surface area contributed by atoms with Gasteiger partial charge in [-0.1, -0.05) is 24.3 Å². The number of fused-ring (bicyclic) bond motifs is 1. The molecule has 0 fully saturated rings. The fourth-order valence-electron chi connectivity index (χ4n) is 3.58. The van der Waals surface area contributed by atoms with Crippen molar-refractivity contribution in [3.8, 4) is 0 Å². The van der Waals surface area contributed by atoms with Gasteiger partial charge in [0.25, 0.3) is 16.0 Å². The lowest BCUT2D eigenvalue weighted by atomic mass is 10.0. The van der Waals surface area contributed by atoms with E-state index in [0.717, 1.165) is 5.56 Å². The third-order valence-corrected chi connectivity index (χ3v) is 6.36. The van der Waals surface area contributed by atoms with Gasteiger partial charge >= 0.3 is 5.97 Å². The SMILES string of the molecule is O=C(O)c1ccc(Cc2c[nH]c3ccc(C(=O)NCc4ccc(S(=O)(=O)O)cc4)cc3c2=O)cc1. The highest BCUT2D eigenvalue weighted by Gasteiger charge is 2.12. The van der Waals surface area contributed by atoms with Crippen molar-refractivity contribution in [1.29, 1.82) is 0 Å². The molecule has 0 radical (unpaired) electrons. The predicted octanol–water partition coefficient (Wildman–Crippen LogP) is 2.99. The van der Waals surface area contributed by atoms with Crippen LogP contribution in [-0.2, 0) is 23.1 Å². The summed E-state index contributed by atoms with van der Waals surface area (Å²) < 4.78 is 31.3. The normalized spacial score (nSPS) is 11.3. The summed E-state index contributed by atoms with van der Waals surface area (Å²) in [6.45, 7) is 0.116. The van der Waals surface area contributed by atoms with Crippen molar-refractivity contribution in [3.05, 3.63) is 111 Å². The number of carbonyl (C=O) groups excluding carboxylic acids is 1. The van der Waals surface area contributed by atoms with E-state index in [1.165, 1.54) is 42.5 Å². The summed E-state index contributed by atoms with van der Waals surface area (Å²) in [4.78, 5) is 39.5. The quantitative estimate of drug-likeness (QED) is 0.289. The molecule has 10 heteroatoms. The van der Waals surface area contributed by atoms with Gasteiger partial charge in [0, 0.05) is 41.2 Å². The number of carboxylic acids is 1. The molecule has 4 aromatic rings. The second-order valence-electron chi connectivity index (χ2n) is 7.88. The molecule has 3 aromatic carbocycles. The average molecular weight is 493 g/mol. The topological polar surface area (TPSA) is 154 Å². The molecule has 9 nitrogen and oxygen atoms in total. The molecular formula is C25H20N2O7S. The Balaban J connectivity index is 1.52. The van der Waals surface area contributed by atoms with E-state index < -0.39 is 22.0 Å². The maximum atomic E-state index is 13.1. The third-order valence-electron chi connectivity index (χ3n) is 5.49. The zero-order valence-electron chi connectivity index (χ0n) is 18.2. The number of H-pyrrole nitrogens is 1. The van der Waals surface area contributed by atoms with Crippen LogP contribution >= 0.6 is 0 Å². The highest BCUT2D eigenvalue weighted by Crippen LogP contribution is 2.15. The van der Waals surface area contributed by atoms with Crippen LogP contribution in [0.3, 0.4) is 0 Å². The number of rotatable bonds is 7. The molecule has 35 heavy (non-hydrogen) atoms. The monoisotopic (exact) mass is 492 g/mol. The number of nitrogens with one attached hydrogen (secondary N) is 2. The van der Waals surface area contributed by atoms with Gasteiger partial charge in [-0.3, -0.25) is 14.1 Å². The Morgan fingerprint density at radius 1 is 0.886 bits per heavy atom. The first-order chi connectivity index (χ1) is 16.6. The number of aromatic carboxylic acids is 1. The Morgan fingerprint density at radius 2 is 1.51 bits per heavy atom. The van der Waals surface area contributed by atoms with E-state index in [-0.39, 0.29) is 28.0 Å². The van der Waals surface area contributed by atoms with Crippen molar-refractivity contribution < 1.29 is 27.7 Å². The van der Waals surface area contributed by atoms with Crippen LogP contribution in [0.4, 0.5) is 0 Å². The van der Waals surface area contributed by atoms with Crippen LogP contribution in [-0.4, -0.2) is 34.9 Å². The Bertz CT molecular complexity index is 1590. The maximum absolute atomic E-state index is 13.1. The standard InChI is InChI=1S/C25H20N2O7S/c28-23-19(11-15-1-5-17(6-2-15)25(30)31)14-26-22-10-7-18(12-21(22)23)24(29)27-13-16-3-8-20(9-4-16)35(32,33)34/h1-10,12,14H,11,13H2,(H,26,28)(H,27,29)(H,30,31)(H,32,33,34). The van der Waals surface area contributed by atoms with Crippen LogP contribution in [0.1, 0.15) is 37.4 Å². The summed E-state index contributed by atoms with van der Waals surface area (Å²) in [6, 6.07) is 16.4. The fourth-order valence-corrected chi connectivity index (χ4v) is 4.06. The maximum Gasteiger partial charge on any atom is 0.335 e. The summed E-state index contributed by atoms with van der Waals surface area (Å²) in [5, 5.41) is 12.1. The molecule has 0 aliphatic heterocycles. The minimum atomic E-state index is -4.29. The van der Waals surface area contributed by atoms with Crippen molar-refractivity contribution in [3.63, 3.8) is 0 Å². The number of aromatic amines is 1. The molecule has 1 aromatic heterocycles. The number of amides is 1. The summed E-state index contributed by atoms with van der Waals surface area (Å²) in [7, 11) is -4.29. The summed E-state index contributed by atoms with van der Waals surface area (Å²) in [5.41, 5.74) is 2.63. The van der Waals surface area contributed by atoms with Gasteiger partial charge in [-0.25, -0.2) is 4.79 Å². The Morgan fingerprint density at radius 3 is 2.14 bits per heavy atom. The first-order valence-electron chi connectivity index (χ1n) is 10.4. The minimum Gasteiger partial charge on any atom is -0.478 e. The average Bonchev–Trinajstić information content (AvgIpc) is 2.84. The third kappa shape index (κ3) is 5.45. The summed E-state index contributed by atoms with van der Waals surface area (Å²) >= 11 is 0. The number of benzene rings is 3. The van der Waals surface area contributed by atoms with Gasteiger partial charge in [0.1, 0.15) is 0 Å². The number of hydrogen-bond donors (Lipinski definition) is 4. The highest BCUT2D eigenvalue weighted by atomic mass is 32.2. The molecule has 0 aliphatic rings. The number of pyridine rings is 1. The molecule has 4 rings (SSSR count). The second-order valence-corrected chi connectivity index (χ2v) is 9.31. The molecule has 1 heterocycles. The smallest absolute Gasteiger partial charge is 0.335 e. The van der Waals surface area contributed by atoms with E-state index >= 15 is 0 Å². The van der Waals surface area contributed by atoms with Crippen molar-refractivity contribution >= 4 is 32.9 Å². The molecule has 0 spiro atoms. The van der Waals surface area contributed by atoms with Crippen molar-refractivity contribution in [1.82, 2.24) is 10.3 Å². The van der Waals surface area contributed by atoms with Crippen molar-refractivity contribution in [2.24, 2.45) is 0 Å². The van der Waals surface area contributed by atoms with Crippen LogP contribution in [0.25, 0.3) is 10.9 Å². The first-order valence-corrected chi connectivity index (χ1v) is 11.9. The second kappa shape index (κ2) is 9.53.